The molecule has 0 aliphatic carbocycles. The van der Waals surface area contributed by atoms with E-state index in [-0.39, 0.29) is 18.9 Å². The van der Waals surface area contributed by atoms with Gasteiger partial charge in [0.05, 0.1) is 13.0 Å². The van der Waals surface area contributed by atoms with Gasteiger partial charge in [0.2, 0.25) is 12.2 Å². The summed E-state index contributed by atoms with van der Waals surface area (Å²) in [6, 6.07) is 8.22. The molecule has 2 fully saturated rings. The Balaban J connectivity index is 1.53. The van der Waals surface area contributed by atoms with E-state index in [0.717, 1.165) is 24.8 Å². The fourth-order valence-corrected chi connectivity index (χ4v) is 3.49. The summed E-state index contributed by atoms with van der Waals surface area (Å²) < 4.78 is 16.1. The maximum absolute atomic E-state index is 12.8. The zero-order valence-corrected chi connectivity index (χ0v) is 16.7. The average Bonchev–Trinajstić information content (AvgIpc) is 3.34. The maximum Gasteiger partial charge on any atom is 0.410 e. The van der Waals surface area contributed by atoms with Gasteiger partial charge in [-0.25, -0.2) is 4.79 Å². The van der Waals surface area contributed by atoms with Gasteiger partial charge in [0.15, 0.2) is 0 Å². The summed E-state index contributed by atoms with van der Waals surface area (Å²) >= 11 is 0. The summed E-state index contributed by atoms with van der Waals surface area (Å²) in [5.74, 6) is -0.714. The van der Waals surface area contributed by atoms with E-state index in [2.05, 4.69) is 5.32 Å². The van der Waals surface area contributed by atoms with Gasteiger partial charge in [0.1, 0.15) is 18.7 Å². The third-order valence-corrected chi connectivity index (χ3v) is 5.07. The number of amides is 2. The molecule has 1 aromatic carbocycles. The van der Waals surface area contributed by atoms with E-state index < -0.39 is 30.4 Å². The van der Waals surface area contributed by atoms with Gasteiger partial charge in [-0.15, -0.1) is 0 Å². The highest BCUT2D eigenvalue weighted by molar-refractivity contribution is 5.87. The molecule has 0 bridgehead atoms. The predicted octanol–water partition coefficient (Wildman–Crippen LogP) is 2.36. The fraction of sp³-hybridized carbons (Fsp3) is 0.571. The molecule has 1 unspecified atom stereocenters. The first kappa shape index (κ1) is 21.1. The van der Waals surface area contributed by atoms with Crippen molar-refractivity contribution in [2.24, 2.45) is 0 Å². The van der Waals surface area contributed by atoms with E-state index in [1.165, 1.54) is 4.90 Å². The lowest BCUT2D eigenvalue weighted by Crippen LogP contribution is -2.51. The zero-order chi connectivity index (χ0) is 20.6. The average molecular weight is 404 g/mol. The van der Waals surface area contributed by atoms with Gasteiger partial charge in [-0.05, 0) is 24.8 Å². The zero-order valence-electron chi connectivity index (χ0n) is 16.7. The second kappa shape index (κ2) is 10.2. The summed E-state index contributed by atoms with van der Waals surface area (Å²) in [6.45, 7) is 3.11. The highest BCUT2D eigenvalue weighted by Crippen LogP contribution is 2.22. The molecule has 2 amide bonds. The van der Waals surface area contributed by atoms with E-state index in [1.54, 1.807) is 0 Å². The van der Waals surface area contributed by atoms with Crippen molar-refractivity contribution in [3.63, 3.8) is 0 Å². The summed E-state index contributed by atoms with van der Waals surface area (Å²) in [6.07, 6.45) is 1.84. The monoisotopic (exact) mass is 404 g/mol. The van der Waals surface area contributed by atoms with Crippen molar-refractivity contribution in [1.82, 2.24) is 10.2 Å². The molecular formula is C21H28N2O6. The maximum atomic E-state index is 12.8. The molecule has 0 spiro atoms. The molecule has 3 rings (SSSR count). The van der Waals surface area contributed by atoms with E-state index in [9.17, 15) is 14.4 Å². The summed E-state index contributed by atoms with van der Waals surface area (Å²) in [5.41, 5.74) is 0.884. The predicted molar refractivity (Wildman–Crippen MR) is 104 cm³/mol. The first-order valence-electron chi connectivity index (χ1n) is 10.2. The highest BCUT2D eigenvalue weighted by Gasteiger charge is 2.41. The van der Waals surface area contributed by atoms with Crippen LogP contribution in [0.1, 0.15) is 44.6 Å². The van der Waals surface area contributed by atoms with E-state index in [4.69, 9.17) is 14.2 Å². The van der Waals surface area contributed by atoms with Crippen LogP contribution in [-0.2, 0) is 30.4 Å². The minimum Gasteiger partial charge on any atom is -0.445 e. The van der Waals surface area contributed by atoms with E-state index >= 15 is 0 Å². The molecule has 2 heterocycles. The van der Waals surface area contributed by atoms with Crippen molar-refractivity contribution < 1.29 is 28.6 Å². The molecule has 2 saturated heterocycles. The first-order valence-corrected chi connectivity index (χ1v) is 10.2. The molecule has 2 aliphatic heterocycles. The Kier molecular flexibility index (Phi) is 7.46. The quantitative estimate of drug-likeness (QED) is 0.528. The summed E-state index contributed by atoms with van der Waals surface area (Å²) in [5, 5.41) is 2.83. The molecule has 2 aliphatic rings. The number of esters is 1. The summed E-state index contributed by atoms with van der Waals surface area (Å²) in [7, 11) is 0. The third kappa shape index (κ3) is 5.69. The number of ether oxygens (including phenoxy) is 3. The van der Waals surface area contributed by atoms with Crippen LogP contribution < -0.4 is 5.32 Å². The number of hydrogen-bond acceptors (Lipinski definition) is 6. The number of nitrogens with one attached hydrogen (secondary N) is 1. The number of nitrogens with zero attached hydrogens (tertiary/aromatic N) is 1. The second-order valence-electron chi connectivity index (χ2n) is 7.29. The van der Waals surface area contributed by atoms with Gasteiger partial charge in [-0.2, -0.15) is 0 Å². The van der Waals surface area contributed by atoms with Crippen molar-refractivity contribution in [3.8, 4) is 0 Å². The molecule has 8 heteroatoms. The molecular weight excluding hydrogens is 376 g/mol. The number of carbonyl (C=O) groups is 3. The van der Waals surface area contributed by atoms with Crippen molar-refractivity contribution in [1.29, 1.82) is 0 Å². The van der Waals surface area contributed by atoms with Crippen LogP contribution in [0.2, 0.25) is 0 Å². The second-order valence-corrected chi connectivity index (χ2v) is 7.29. The highest BCUT2D eigenvalue weighted by atomic mass is 16.7. The Morgan fingerprint density at radius 2 is 2.07 bits per heavy atom. The van der Waals surface area contributed by atoms with Crippen LogP contribution in [0.15, 0.2) is 30.3 Å². The van der Waals surface area contributed by atoms with Crippen LogP contribution in [0.25, 0.3) is 0 Å². The lowest BCUT2D eigenvalue weighted by molar-refractivity contribution is -0.165. The first-order chi connectivity index (χ1) is 14.1. The number of hydrogen-bond donors (Lipinski definition) is 1. The molecule has 3 atom stereocenters. The van der Waals surface area contributed by atoms with Gasteiger partial charge in [-0.3, -0.25) is 14.5 Å². The molecule has 158 valence electrons. The van der Waals surface area contributed by atoms with Gasteiger partial charge in [-0.1, -0.05) is 43.7 Å². The Bertz CT molecular complexity index is 710. The van der Waals surface area contributed by atoms with Gasteiger partial charge in [0.25, 0.3) is 0 Å². The largest absolute Gasteiger partial charge is 0.445 e. The minimum absolute atomic E-state index is 0.0632. The molecule has 1 aromatic rings. The summed E-state index contributed by atoms with van der Waals surface area (Å²) in [4.78, 5) is 38.4. The normalized spacial score (nSPS) is 23.7. The van der Waals surface area contributed by atoms with Gasteiger partial charge >= 0.3 is 12.1 Å². The van der Waals surface area contributed by atoms with Crippen molar-refractivity contribution >= 4 is 18.0 Å². The van der Waals surface area contributed by atoms with Crippen LogP contribution >= 0.6 is 0 Å². The van der Waals surface area contributed by atoms with Gasteiger partial charge < -0.3 is 19.5 Å². The number of benzene rings is 1. The van der Waals surface area contributed by atoms with Crippen LogP contribution in [0.3, 0.4) is 0 Å². The number of carbonyl (C=O) groups excluding carboxylic acids is 3. The fourth-order valence-electron chi connectivity index (χ4n) is 3.49. The number of likely N-dealkylation sites (tertiary alicyclic amines) is 1. The lowest BCUT2D eigenvalue weighted by Gasteiger charge is -2.26. The Morgan fingerprint density at radius 3 is 2.83 bits per heavy atom. The van der Waals surface area contributed by atoms with E-state index in [1.807, 2.05) is 37.3 Å². The molecule has 0 radical (unpaired) electrons. The van der Waals surface area contributed by atoms with Crippen molar-refractivity contribution in [3.05, 3.63) is 35.9 Å². The smallest absolute Gasteiger partial charge is 0.410 e. The van der Waals surface area contributed by atoms with Crippen LogP contribution in [0.4, 0.5) is 4.79 Å². The third-order valence-electron chi connectivity index (χ3n) is 5.07. The van der Waals surface area contributed by atoms with Gasteiger partial charge in [0, 0.05) is 6.54 Å². The standard InChI is InChI=1S/C21H28N2O6/c1-2-3-12-27-20-16(13-18(24)29-20)22-19(25)17-10-7-11-23(17)21(26)28-14-15-8-5-4-6-9-15/h4-6,8-9,16-17,20H,2-3,7,10-14H2,1H3,(H,22,25)/t16-,17?,20+/m0/s1. The SMILES string of the molecule is CCCCO[C@@H]1OC(=O)C[C@@H]1NC(=O)C1CCCN1C(=O)OCc1ccccc1. The molecule has 8 nitrogen and oxygen atoms in total. The number of cyclic esters (lactones) is 1. The molecule has 1 N–H and O–H groups in total. The molecule has 29 heavy (non-hydrogen) atoms. The van der Waals surface area contributed by atoms with Crippen LogP contribution in [0, 0.1) is 0 Å². The van der Waals surface area contributed by atoms with Crippen LogP contribution in [-0.4, -0.2) is 54.4 Å². The Morgan fingerprint density at radius 1 is 1.28 bits per heavy atom. The Labute approximate surface area is 170 Å². The van der Waals surface area contributed by atoms with Crippen LogP contribution in [0.5, 0.6) is 0 Å². The Hall–Kier alpha value is -2.61. The lowest BCUT2D eigenvalue weighted by atomic mass is 10.1. The topological polar surface area (TPSA) is 94.2 Å². The molecule has 0 saturated carbocycles. The minimum atomic E-state index is -0.780. The molecule has 0 aromatic heterocycles. The number of unbranched alkanes of at least 4 members (excludes halogenated alkanes) is 1. The van der Waals surface area contributed by atoms with E-state index in [0.29, 0.717) is 19.6 Å². The van der Waals surface area contributed by atoms with Crippen molar-refractivity contribution in [2.45, 2.75) is 64.0 Å². The van der Waals surface area contributed by atoms with Crippen molar-refractivity contribution in [2.75, 3.05) is 13.2 Å². The number of rotatable bonds is 8.